The Morgan fingerprint density at radius 2 is 1.44 bits per heavy atom. The molecule has 9 heteroatoms. The molecular formula is C16H29NaO7S. The number of carbonyl (C=O) groups is 2. The number of ether oxygens (including phenoxy) is 2. The topological polar surface area (TPSA) is 110 Å². The molecule has 0 rings (SSSR count). The quantitative estimate of drug-likeness (QED) is 0.102. The van der Waals surface area contributed by atoms with E-state index in [0.717, 1.165) is 25.9 Å². The van der Waals surface area contributed by atoms with Crippen molar-refractivity contribution in [2.24, 2.45) is 0 Å². The zero-order valence-corrected chi connectivity index (χ0v) is 18.2. The second-order valence-electron chi connectivity index (χ2n) is 5.61. The average Bonchev–Trinajstić information content (AvgIpc) is 2.51. The second kappa shape index (κ2) is 17.6. The van der Waals surface area contributed by atoms with Crippen LogP contribution in [0.2, 0.25) is 0 Å². The fourth-order valence-electron chi connectivity index (χ4n) is 2.04. The Hall–Kier alpha value is 0.170. The molecular weight excluding hydrogens is 359 g/mol. The monoisotopic (exact) mass is 388 g/mol. The van der Waals surface area contributed by atoms with Gasteiger partial charge in [-0.1, -0.05) is 26.2 Å². The summed E-state index contributed by atoms with van der Waals surface area (Å²) in [5.74, 6) is -0.875. The van der Waals surface area contributed by atoms with E-state index in [1.807, 2.05) is 0 Å². The van der Waals surface area contributed by atoms with Gasteiger partial charge < -0.3 is 18.8 Å². The summed E-state index contributed by atoms with van der Waals surface area (Å²) in [6, 6.07) is 0. The molecule has 0 radical (unpaired) electrons. The number of carbonyl (C=O) groups excluding carboxylic acids is 2. The smallest absolute Gasteiger partial charge is 0.747 e. The van der Waals surface area contributed by atoms with Gasteiger partial charge in [0, 0.05) is 32.8 Å². The summed E-state index contributed by atoms with van der Waals surface area (Å²) in [5, 5.41) is -2.09. The van der Waals surface area contributed by atoms with Crippen LogP contribution in [0.15, 0.2) is 0 Å². The number of hydrogen-bond acceptors (Lipinski definition) is 7. The molecule has 0 bridgehead atoms. The third kappa shape index (κ3) is 16.1. The minimum Gasteiger partial charge on any atom is -0.747 e. The van der Waals surface area contributed by atoms with E-state index in [4.69, 9.17) is 9.47 Å². The van der Waals surface area contributed by atoms with Crippen molar-refractivity contribution >= 4 is 22.2 Å². The summed E-state index contributed by atoms with van der Waals surface area (Å²) < 4.78 is 42.9. The van der Waals surface area contributed by atoms with Crippen molar-refractivity contribution in [2.75, 3.05) is 26.4 Å². The first kappa shape index (κ1) is 27.4. The number of aldehydes is 1. The molecule has 0 aromatic carbocycles. The first-order valence-corrected chi connectivity index (χ1v) is 9.98. The molecule has 0 aromatic heterocycles. The van der Waals surface area contributed by atoms with Crippen LogP contribution in [0.25, 0.3) is 0 Å². The van der Waals surface area contributed by atoms with Crippen LogP contribution in [-0.4, -0.2) is 56.7 Å². The molecule has 0 spiro atoms. The summed E-state index contributed by atoms with van der Waals surface area (Å²) in [5.41, 5.74) is 0. The Labute approximate surface area is 173 Å². The first-order chi connectivity index (χ1) is 11.4. The van der Waals surface area contributed by atoms with Crippen molar-refractivity contribution in [3.05, 3.63) is 0 Å². The van der Waals surface area contributed by atoms with Crippen molar-refractivity contribution < 1.29 is 61.6 Å². The maximum atomic E-state index is 11.4. The minimum absolute atomic E-state index is 0. The van der Waals surface area contributed by atoms with Crippen LogP contribution >= 0.6 is 0 Å². The maximum absolute atomic E-state index is 11.4. The molecule has 7 nitrogen and oxygen atoms in total. The number of rotatable bonds is 17. The molecule has 1 atom stereocenters. The SMILES string of the molecule is CCCCCCOCCCCOCCCC(=O)C(C=O)S(=O)(=O)[O-].[Na+]. The Morgan fingerprint density at radius 3 is 1.88 bits per heavy atom. The molecule has 0 aromatic rings. The molecule has 142 valence electrons. The van der Waals surface area contributed by atoms with Gasteiger partial charge in [0.2, 0.25) is 0 Å². The van der Waals surface area contributed by atoms with E-state index in [-0.39, 0.29) is 55.3 Å². The zero-order chi connectivity index (χ0) is 18.3. The van der Waals surface area contributed by atoms with E-state index < -0.39 is 21.2 Å². The van der Waals surface area contributed by atoms with E-state index in [9.17, 15) is 22.6 Å². The van der Waals surface area contributed by atoms with Crippen LogP contribution in [-0.2, 0) is 29.2 Å². The molecule has 0 fully saturated rings. The van der Waals surface area contributed by atoms with E-state index in [1.54, 1.807) is 0 Å². The third-order valence-corrected chi connectivity index (χ3v) is 4.43. The molecule has 0 saturated heterocycles. The maximum Gasteiger partial charge on any atom is 1.00 e. The molecule has 1 unspecified atom stereocenters. The van der Waals surface area contributed by atoms with Gasteiger partial charge in [0.1, 0.15) is 16.4 Å². The summed E-state index contributed by atoms with van der Waals surface area (Å²) in [6.07, 6.45) is 6.50. The van der Waals surface area contributed by atoms with Crippen molar-refractivity contribution in [1.82, 2.24) is 0 Å². The van der Waals surface area contributed by atoms with Crippen molar-refractivity contribution in [3.63, 3.8) is 0 Å². The molecule has 0 heterocycles. The normalized spacial score (nSPS) is 12.4. The van der Waals surface area contributed by atoms with Gasteiger partial charge in [0.05, 0.1) is 0 Å². The Bertz CT molecular complexity index is 440. The number of ketones is 1. The van der Waals surface area contributed by atoms with Gasteiger partial charge in [-0.25, -0.2) is 8.42 Å². The van der Waals surface area contributed by atoms with Gasteiger partial charge in [-0.3, -0.25) is 4.79 Å². The van der Waals surface area contributed by atoms with Crippen molar-refractivity contribution in [3.8, 4) is 0 Å². The molecule has 0 N–H and O–H groups in total. The number of unbranched alkanes of at least 4 members (excludes halogenated alkanes) is 4. The molecule has 0 saturated carbocycles. The van der Waals surface area contributed by atoms with Gasteiger partial charge in [-0.15, -0.1) is 0 Å². The number of hydrogen-bond donors (Lipinski definition) is 0. The van der Waals surface area contributed by atoms with Crippen LogP contribution in [0.5, 0.6) is 0 Å². The van der Waals surface area contributed by atoms with E-state index in [2.05, 4.69) is 6.92 Å². The van der Waals surface area contributed by atoms with Gasteiger partial charge >= 0.3 is 29.6 Å². The van der Waals surface area contributed by atoms with Crippen LogP contribution in [0.1, 0.15) is 58.3 Å². The fourth-order valence-corrected chi connectivity index (χ4v) is 2.61. The predicted octanol–water partition coefficient (Wildman–Crippen LogP) is -1.15. The van der Waals surface area contributed by atoms with Crippen LogP contribution < -0.4 is 29.6 Å². The molecule has 0 aliphatic heterocycles. The second-order valence-corrected chi connectivity index (χ2v) is 7.11. The summed E-state index contributed by atoms with van der Waals surface area (Å²) >= 11 is 0. The van der Waals surface area contributed by atoms with Crippen LogP contribution in [0.4, 0.5) is 0 Å². The molecule has 0 aliphatic carbocycles. The number of Topliss-reactive ketones (excluding diaryl/α,β-unsaturated/α-hetero) is 1. The Balaban J connectivity index is 0. The third-order valence-electron chi connectivity index (χ3n) is 3.43. The predicted molar refractivity (Wildman–Crippen MR) is 88.8 cm³/mol. The fraction of sp³-hybridized carbons (Fsp3) is 0.875. The van der Waals surface area contributed by atoms with Gasteiger partial charge in [0.25, 0.3) is 0 Å². The van der Waals surface area contributed by atoms with Gasteiger partial charge in [0.15, 0.2) is 11.0 Å². The average molecular weight is 388 g/mol. The molecule has 25 heavy (non-hydrogen) atoms. The van der Waals surface area contributed by atoms with Crippen molar-refractivity contribution in [2.45, 2.75) is 63.5 Å². The Kier molecular flexibility index (Phi) is 19.3. The Morgan fingerprint density at radius 1 is 0.960 bits per heavy atom. The van der Waals surface area contributed by atoms with Crippen LogP contribution in [0.3, 0.4) is 0 Å². The summed E-state index contributed by atoms with van der Waals surface area (Å²) in [6.45, 7) is 4.49. The van der Waals surface area contributed by atoms with Gasteiger partial charge in [-0.05, 0) is 25.7 Å². The van der Waals surface area contributed by atoms with E-state index in [1.165, 1.54) is 19.3 Å². The van der Waals surface area contributed by atoms with E-state index >= 15 is 0 Å². The van der Waals surface area contributed by atoms with Crippen LogP contribution in [0, 0.1) is 0 Å². The van der Waals surface area contributed by atoms with E-state index in [0.29, 0.717) is 13.2 Å². The standard InChI is InChI=1S/C16H30O7S.Na/c1-2-3-4-5-10-22-11-6-7-12-23-13-8-9-15(18)16(14-17)24(19,20)21;/h14,16H,2-13H2,1H3,(H,19,20,21);/q;+1/p-1. The van der Waals surface area contributed by atoms with Gasteiger partial charge in [-0.2, -0.15) is 0 Å². The minimum atomic E-state index is -4.90. The zero-order valence-electron chi connectivity index (χ0n) is 15.4. The largest absolute Gasteiger partial charge is 1.00 e. The first-order valence-electron chi connectivity index (χ1n) is 8.51. The summed E-state index contributed by atoms with van der Waals surface area (Å²) in [7, 11) is -4.90. The molecule has 0 aliphatic rings. The van der Waals surface area contributed by atoms with Crippen molar-refractivity contribution in [1.29, 1.82) is 0 Å². The summed E-state index contributed by atoms with van der Waals surface area (Å²) in [4.78, 5) is 21.9. The molecule has 0 amide bonds.